The van der Waals surface area contributed by atoms with E-state index in [4.69, 9.17) is 5.73 Å². The third-order valence-electron chi connectivity index (χ3n) is 3.18. The highest BCUT2D eigenvalue weighted by atomic mass is 14.7. The molecule has 0 aromatic heterocycles. The van der Waals surface area contributed by atoms with Gasteiger partial charge in [0.1, 0.15) is 0 Å². The molecule has 1 heteroatoms. The standard InChI is InChI=1S/C13H21N/c1-5-13(14,6-2)12-8-7-10(3)9-11(12)4/h7-9H,5-6,14H2,1-4H3. The molecule has 0 fully saturated rings. The molecule has 1 nitrogen and oxygen atoms in total. The second-order valence-corrected chi connectivity index (χ2v) is 4.18. The fraction of sp³-hybridized carbons (Fsp3) is 0.538. The highest BCUT2D eigenvalue weighted by Gasteiger charge is 2.24. The van der Waals surface area contributed by atoms with E-state index in [2.05, 4.69) is 45.9 Å². The fourth-order valence-corrected chi connectivity index (χ4v) is 2.00. The van der Waals surface area contributed by atoms with Crippen LogP contribution in [0, 0.1) is 13.8 Å². The van der Waals surface area contributed by atoms with Gasteiger partial charge in [-0.3, -0.25) is 0 Å². The van der Waals surface area contributed by atoms with Gasteiger partial charge in [-0.2, -0.15) is 0 Å². The van der Waals surface area contributed by atoms with Crippen molar-refractivity contribution in [2.45, 2.75) is 46.1 Å². The van der Waals surface area contributed by atoms with Gasteiger partial charge in [-0.15, -0.1) is 0 Å². The largest absolute Gasteiger partial charge is 0.321 e. The molecule has 0 amide bonds. The van der Waals surface area contributed by atoms with Crippen LogP contribution in [0.1, 0.15) is 43.4 Å². The summed E-state index contributed by atoms with van der Waals surface area (Å²) < 4.78 is 0. The van der Waals surface area contributed by atoms with Gasteiger partial charge in [0.25, 0.3) is 0 Å². The molecule has 0 aliphatic rings. The summed E-state index contributed by atoms with van der Waals surface area (Å²) in [7, 11) is 0. The van der Waals surface area contributed by atoms with E-state index in [1.54, 1.807) is 0 Å². The van der Waals surface area contributed by atoms with Crippen molar-refractivity contribution in [3.63, 3.8) is 0 Å². The molecule has 0 bridgehead atoms. The first-order chi connectivity index (χ1) is 6.53. The minimum Gasteiger partial charge on any atom is -0.321 e. The Balaban J connectivity index is 3.17. The zero-order valence-electron chi connectivity index (χ0n) is 9.72. The van der Waals surface area contributed by atoms with Gasteiger partial charge in [-0.1, -0.05) is 37.6 Å². The van der Waals surface area contributed by atoms with Crippen molar-refractivity contribution in [2.24, 2.45) is 5.73 Å². The molecule has 1 aromatic rings. The SMILES string of the molecule is CCC(N)(CC)c1ccc(C)cc1C. The summed E-state index contributed by atoms with van der Waals surface area (Å²) in [5.41, 5.74) is 10.1. The third kappa shape index (κ3) is 1.98. The first kappa shape index (κ1) is 11.3. The van der Waals surface area contributed by atoms with Crippen molar-refractivity contribution in [1.29, 1.82) is 0 Å². The summed E-state index contributed by atoms with van der Waals surface area (Å²) in [5, 5.41) is 0. The van der Waals surface area contributed by atoms with Crippen molar-refractivity contribution in [1.82, 2.24) is 0 Å². The van der Waals surface area contributed by atoms with Gasteiger partial charge < -0.3 is 5.73 Å². The lowest BCUT2D eigenvalue weighted by molar-refractivity contribution is 0.410. The molecule has 1 aromatic carbocycles. The second kappa shape index (κ2) is 4.14. The number of hydrogen-bond acceptors (Lipinski definition) is 1. The maximum Gasteiger partial charge on any atom is 0.0407 e. The van der Waals surface area contributed by atoms with Gasteiger partial charge in [0, 0.05) is 5.54 Å². The highest BCUT2D eigenvalue weighted by molar-refractivity contribution is 5.35. The summed E-state index contributed by atoms with van der Waals surface area (Å²) >= 11 is 0. The summed E-state index contributed by atoms with van der Waals surface area (Å²) in [5.74, 6) is 0. The molecule has 0 atom stereocenters. The lowest BCUT2D eigenvalue weighted by atomic mass is 9.83. The molecule has 0 saturated carbocycles. The van der Waals surface area contributed by atoms with Crippen LogP contribution in [0.15, 0.2) is 18.2 Å². The number of rotatable bonds is 3. The van der Waals surface area contributed by atoms with E-state index < -0.39 is 0 Å². The Hall–Kier alpha value is -0.820. The van der Waals surface area contributed by atoms with Crippen molar-refractivity contribution in [3.05, 3.63) is 34.9 Å². The predicted octanol–water partition coefficient (Wildman–Crippen LogP) is 3.28. The van der Waals surface area contributed by atoms with Crippen LogP contribution >= 0.6 is 0 Å². The van der Waals surface area contributed by atoms with E-state index in [0.29, 0.717) is 0 Å². The molecule has 0 heterocycles. The molecular weight excluding hydrogens is 170 g/mol. The summed E-state index contributed by atoms with van der Waals surface area (Å²) in [6.45, 7) is 8.58. The molecule has 14 heavy (non-hydrogen) atoms. The maximum atomic E-state index is 6.37. The Labute approximate surface area is 87.3 Å². The number of benzene rings is 1. The van der Waals surface area contributed by atoms with Gasteiger partial charge in [0.15, 0.2) is 0 Å². The molecule has 0 aliphatic carbocycles. The van der Waals surface area contributed by atoms with Crippen LogP contribution in [0.4, 0.5) is 0 Å². The molecule has 78 valence electrons. The minimum atomic E-state index is -0.141. The van der Waals surface area contributed by atoms with Crippen molar-refractivity contribution in [3.8, 4) is 0 Å². The topological polar surface area (TPSA) is 26.0 Å². The monoisotopic (exact) mass is 191 g/mol. The molecule has 0 unspecified atom stereocenters. The Morgan fingerprint density at radius 1 is 1.14 bits per heavy atom. The van der Waals surface area contributed by atoms with E-state index in [0.717, 1.165) is 12.8 Å². The number of nitrogens with two attached hydrogens (primary N) is 1. The van der Waals surface area contributed by atoms with E-state index in [9.17, 15) is 0 Å². The van der Waals surface area contributed by atoms with Gasteiger partial charge in [-0.25, -0.2) is 0 Å². The van der Waals surface area contributed by atoms with Gasteiger partial charge in [0.2, 0.25) is 0 Å². The molecule has 2 N–H and O–H groups in total. The highest BCUT2D eigenvalue weighted by Crippen LogP contribution is 2.28. The molecule has 0 radical (unpaired) electrons. The Kier molecular flexibility index (Phi) is 3.33. The van der Waals surface area contributed by atoms with E-state index in [-0.39, 0.29) is 5.54 Å². The molecular formula is C13H21N. The average Bonchev–Trinajstić information content (AvgIpc) is 2.17. The molecule has 1 rings (SSSR count). The normalized spacial score (nSPS) is 11.8. The van der Waals surface area contributed by atoms with E-state index >= 15 is 0 Å². The zero-order chi connectivity index (χ0) is 10.8. The summed E-state index contributed by atoms with van der Waals surface area (Å²) in [4.78, 5) is 0. The van der Waals surface area contributed by atoms with Crippen molar-refractivity contribution >= 4 is 0 Å². The van der Waals surface area contributed by atoms with E-state index in [1.165, 1.54) is 16.7 Å². The van der Waals surface area contributed by atoms with Gasteiger partial charge in [0.05, 0.1) is 0 Å². The van der Waals surface area contributed by atoms with Crippen LogP contribution in [0.3, 0.4) is 0 Å². The molecule has 0 aliphatic heterocycles. The number of aryl methyl sites for hydroxylation is 2. The van der Waals surface area contributed by atoms with Crippen LogP contribution in [0.25, 0.3) is 0 Å². The van der Waals surface area contributed by atoms with Crippen LogP contribution in [-0.4, -0.2) is 0 Å². The first-order valence-electron chi connectivity index (χ1n) is 5.40. The van der Waals surface area contributed by atoms with Gasteiger partial charge >= 0.3 is 0 Å². The Morgan fingerprint density at radius 3 is 2.14 bits per heavy atom. The van der Waals surface area contributed by atoms with Crippen LogP contribution in [-0.2, 0) is 5.54 Å². The zero-order valence-corrected chi connectivity index (χ0v) is 9.72. The summed E-state index contributed by atoms with van der Waals surface area (Å²) in [6.07, 6.45) is 1.99. The first-order valence-corrected chi connectivity index (χ1v) is 5.40. The smallest absolute Gasteiger partial charge is 0.0407 e. The maximum absolute atomic E-state index is 6.37. The van der Waals surface area contributed by atoms with E-state index in [1.807, 2.05) is 0 Å². The average molecular weight is 191 g/mol. The van der Waals surface area contributed by atoms with Crippen LogP contribution in [0.2, 0.25) is 0 Å². The quantitative estimate of drug-likeness (QED) is 0.779. The summed E-state index contributed by atoms with van der Waals surface area (Å²) in [6, 6.07) is 6.54. The second-order valence-electron chi connectivity index (χ2n) is 4.18. The molecule has 0 saturated heterocycles. The predicted molar refractivity (Wildman–Crippen MR) is 62.4 cm³/mol. The lowest BCUT2D eigenvalue weighted by Gasteiger charge is -2.29. The van der Waals surface area contributed by atoms with Crippen LogP contribution in [0.5, 0.6) is 0 Å². The molecule has 0 spiro atoms. The van der Waals surface area contributed by atoms with Gasteiger partial charge in [-0.05, 0) is 37.8 Å². The Bertz CT molecular complexity index is 311. The Morgan fingerprint density at radius 2 is 1.71 bits per heavy atom. The van der Waals surface area contributed by atoms with Crippen LogP contribution < -0.4 is 5.73 Å². The fourth-order valence-electron chi connectivity index (χ4n) is 2.00. The minimum absolute atomic E-state index is 0.141. The van der Waals surface area contributed by atoms with Crippen molar-refractivity contribution in [2.75, 3.05) is 0 Å². The lowest BCUT2D eigenvalue weighted by Crippen LogP contribution is -2.35. The third-order valence-corrected chi connectivity index (χ3v) is 3.18. The van der Waals surface area contributed by atoms with Crippen molar-refractivity contribution < 1.29 is 0 Å². The number of hydrogen-bond donors (Lipinski definition) is 1.